The first-order valence-electron chi connectivity index (χ1n) is 6.28. The summed E-state index contributed by atoms with van der Waals surface area (Å²) in [4.78, 5) is 0. The third-order valence-corrected chi connectivity index (χ3v) is 15.3. The Morgan fingerprint density at radius 3 is 1.53 bits per heavy atom. The molecule has 0 unspecified atom stereocenters. The molecule has 104 valence electrons. The molecule has 0 bridgehead atoms. The number of rotatable bonds is 5. The molecule has 0 spiro atoms. The zero-order valence-electron chi connectivity index (χ0n) is 12.1. The molecule has 1 saturated carbocycles. The molecule has 0 aromatic heterocycles. The van der Waals surface area contributed by atoms with Crippen LogP contribution in [0.3, 0.4) is 0 Å². The molecule has 0 atom stereocenters. The number of nitrogens with zero attached hydrogens (tertiary/aromatic N) is 3. The number of nitrogens with one attached hydrogen (secondary N) is 1. The molecule has 0 aromatic rings. The van der Waals surface area contributed by atoms with Crippen LogP contribution in [-0.2, 0) is 0 Å². The molecule has 17 heavy (non-hydrogen) atoms. The van der Waals surface area contributed by atoms with Crippen molar-refractivity contribution in [2.45, 2.75) is 31.7 Å². The van der Waals surface area contributed by atoms with E-state index >= 15 is 0 Å². The van der Waals surface area contributed by atoms with Crippen LogP contribution in [0.4, 0.5) is 0 Å². The predicted molar refractivity (Wildman–Crippen MR) is 82.3 cm³/mol. The van der Waals surface area contributed by atoms with Crippen LogP contribution in [0.1, 0.15) is 25.7 Å². The quantitative estimate of drug-likeness (QED) is 0.784. The number of halogens is 1. The summed E-state index contributed by atoms with van der Waals surface area (Å²) in [5, 5.41) is 3.93. The van der Waals surface area contributed by atoms with Crippen molar-refractivity contribution >= 4 is 21.4 Å². The minimum atomic E-state index is -2.52. The molecule has 1 fully saturated rings. The van der Waals surface area contributed by atoms with Crippen molar-refractivity contribution in [3.8, 4) is 0 Å². The van der Waals surface area contributed by atoms with Crippen molar-refractivity contribution in [1.82, 2.24) is 19.1 Å². The van der Waals surface area contributed by atoms with E-state index in [9.17, 15) is 0 Å². The van der Waals surface area contributed by atoms with Crippen molar-refractivity contribution < 1.29 is 0 Å². The van der Waals surface area contributed by atoms with E-state index < -0.39 is 5.91 Å². The third kappa shape index (κ3) is 2.56. The molecule has 1 aliphatic rings. The van der Waals surface area contributed by atoms with Gasteiger partial charge in [0.2, 0.25) is 0 Å². The molecule has 0 saturated heterocycles. The van der Waals surface area contributed by atoms with E-state index in [1.165, 1.54) is 25.7 Å². The van der Waals surface area contributed by atoms with Gasteiger partial charge in [-0.25, -0.2) is 0 Å². The molecular weight excluding hydrogens is 299 g/mol. The summed E-state index contributed by atoms with van der Waals surface area (Å²) >= 11 is 4.09. The van der Waals surface area contributed by atoms with Crippen LogP contribution >= 0.6 is 21.4 Å². The zero-order valence-corrected chi connectivity index (χ0v) is 14.6. The monoisotopic (exact) mass is 326 g/mol. The van der Waals surface area contributed by atoms with Crippen LogP contribution in [0, 0.1) is 0 Å². The fourth-order valence-electron chi connectivity index (χ4n) is 2.79. The van der Waals surface area contributed by atoms with E-state index in [4.69, 9.17) is 0 Å². The molecule has 1 rings (SSSR count). The molecule has 1 N–H and O–H groups in total. The molecule has 0 amide bonds. The topological polar surface area (TPSA) is 21.8 Å². The summed E-state index contributed by atoms with van der Waals surface area (Å²) in [5.74, 6) is -2.52. The van der Waals surface area contributed by atoms with Crippen LogP contribution in [0.25, 0.3) is 0 Å². The fraction of sp³-hybridized carbons (Fsp3) is 1.00. The van der Waals surface area contributed by atoms with E-state index in [-0.39, 0.29) is 0 Å². The molecule has 4 nitrogen and oxygen atoms in total. The number of hydrogen-bond acceptors (Lipinski definition) is 4. The number of hydrogen-bond donors (Lipinski definition) is 1. The molecule has 1 aliphatic carbocycles. The predicted octanol–water partition coefficient (Wildman–Crippen LogP) is 2.73. The van der Waals surface area contributed by atoms with Crippen LogP contribution in [0.5, 0.6) is 0 Å². The van der Waals surface area contributed by atoms with Crippen LogP contribution < -0.4 is 5.09 Å². The van der Waals surface area contributed by atoms with Gasteiger partial charge in [0.1, 0.15) is 0 Å². The van der Waals surface area contributed by atoms with E-state index in [0.717, 1.165) is 0 Å². The Balaban J connectivity index is 3.06. The zero-order chi connectivity index (χ0) is 13.3. The standard InChI is InChI=1S/C11H28BrN4P/c1-14(2)17(12,15(3)4,16(5)6)13-11-9-7-8-10-11/h11,13H,7-10H2,1-6H3. The molecule has 6 heteroatoms. The first-order chi connectivity index (χ1) is 7.73. The minimum absolute atomic E-state index is 0.624. The van der Waals surface area contributed by atoms with Crippen LogP contribution in [-0.4, -0.2) is 62.3 Å². The average Bonchev–Trinajstić information content (AvgIpc) is 2.69. The van der Waals surface area contributed by atoms with Crippen molar-refractivity contribution in [3.63, 3.8) is 0 Å². The van der Waals surface area contributed by atoms with Crippen molar-refractivity contribution in [2.75, 3.05) is 42.3 Å². The van der Waals surface area contributed by atoms with E-state index in [1.54, 1.807) is 0 Å². The average molecular weight is 327 g/mol. The summed E-state index contributed by atoms with van der Waals surface area (Å²) < 4.78 is 6.93. The summed E-state index contributed by atoms with van der Waals surface area (Å²) in [5.41, 5.74) is 0. The molecule has 0 aliphatic heterocycles. The Morgan fingerprint density at radius 1 is 0.882 bits per heavy atom. The second-order valence-corrected chi connectivity index (χ2v) is 13.9. The Labute approximate surface area is 115 Å². The molecular formula is C11H28BrN4P. The first kappa shape index (κ1) is 15.8. The molecule has 0 radical (unpaired) electrons. The van der Waals surface area contributed by atoms with E-state index in [2.05, 4.69) is 76.9 Å². The Hall–Kier alpha value is 0.750. The van der Waals surface area contributed by atoms with Gasteiger partial charge in [-0.05, 0) is 0 Å². The van der Waals surface area contributed by atoms with E-state index in [1.807, 2.05) is 0 Å². The normalized spacial score (nSPS) is 21.4. The maximum absolute atomic E-state index is 4.09. The van der Waals surface area contributed by atoms with Gasteiger partial charge in [-0.15, -0.1) is 0 Å². The van der Waals surface area contributed by atoms with Crippen LogP contribution in [0.2, 0.25) is 0 Å². The molecule has 0 aromatic carbocycles. The van der Waals surface area contributed by atoms with Gasteiger partial charge in [0.05, 0.1) is 0 Å². The van der Waals surface area contributed by atoms with Gasteiger partial charge in [-0.1, -0.05) is 0 Å². The Bertz CT molecular complexity index is 240. The molecule has 0 heterocycles. The second-order valence-electron chi connectivity index (χ2n) is 5.53. The Morgan fingerprint density at radius 2 is 1.24 bits per heavy atom. The van der Waals surface area contributed by atoms with Crippen LogP contribution in [0.15, 0.2) is 0 Å². The summed E-state index contributed by atoms with van der Waals surface area (Å²) in [6, 6.07) is 0.624. The second kappa shape index (κ2) is 5.40. The SMILES string of the molecule is CN(C)P(Br)(NC1CCCC1)(N(C)C)N(C)C. The van der Waals surface area contributed by atoms with Gasteiger partial charge in [-0.2, -0.15) is 0 Å². The summed E-state index contributed by atoms with van der Waals surface area (Å²) in [7, 11) is 12.9. The van der Waals surface area contributed by atoms with Gasteiger partial charge in [-0.3, -0.25) is 0 Å². The van der Waals surface area contributed by atoms with Crippen molar-refractivity contribution in [1.29, 1.82) is 0 Å². The summed E-state index contributed by atoms with van der Waals surface area (Å²) in [6.07, 6.45) is 5.29. The van der Waals surface area contributed by atoms with Gasteiger partial charge in [0, 0.05) is 0 Å². The first-order valence-corrected chi connectivity index (χ1v) is 10.4. The van der Waals surface area contributed by atoms with Crippen molar-refractivity contribution in [2.24, 2.45) is 0 Å². The van der Waals surface area contributed by atoms with Crippen molar-refractivity contribution in [3.05, 3.63) is 0 Å². The van der Waals surface area contributed by atoms with Gasteiger partial charge in [0.25, 0.3) is 0 Å². The van der Waals surface area contributed by atoms with Gasteiger partial charge < -0.3 is 0 Å². The fourth-order valence-corrected chi connectivity index (χ4v) is 7.38. The Kier molecular flexibility index (Phi) is 5.02. The third-order valence-electron chi connectivity index (χ3n) is 3.89. The van der Waals surface area contributed by atoms with E-state index in [0.29, 0.717) is 6.04 Å². The van der Waals surface area contributed by atoms with Gasteiger partial charge in [0.15, 0.2) is 0 Å². The summed E-state index contributed by atoms with van der Waals surface area (Å²) in [6.45, 7) is 0. The van der Waals surface area contributed by atoms with Gasteiger partial charge >= 0.3 is 115 Å². The maximum atomic E-state index is 4.09.